The Morgan fingerprint density at radius 1 is 0.950 bits per heavy atom. The smallest absolute Gasteiger partial charge is 0.247 e. The predicted molar refractivity (Wildman–Crippen MR) is 81.1 cm³/mol. The van der Waals surface area contributed by atoms with Crippen LogP contribution in [0.5, 0.6) is 0 Å². The van der Waals surface area contributed by atoms with Gasteiger partial charge in [0.1, 0.15) is 0 Å². The van der Waals surface area contributed by atoms with Crippen molar-refractivity contribution in [1.82, 2.24) is 15.2 Å². The number of hydrogen-bond donors (Lipinski definition) is 0. The number of aromatic nitrogens is 3. The fourth-order valence-electron chi connectivity index (χ4n) is 3.08. The van der Waals surface area contributed by atoms with E-state index < -0.39 is 0 Å². The summed E-state index contributed by atoms with van der Waals surface area (Å²) in [7, 11) is 0. The van der Waals surface area contributed by atoms with E-state index in [1.807, 2.05) is 6.20 Å². The van der Waals surface area contributed by atoms with Gasteiger partial charge in [-0.1, -0.05) is 19.8 Å². The maximum Gasteiger partial charge on any atom is 0.247 e. The molecule has 0 aromatic carbocycles. The van der Waals surface area contributed by atoms with E-state index >= 15 is 0 Å². The summed E-state index contributed by atoms with van der Waals surface area (Å²) < 4.78 is 0. The summed E-state index contributed by atoms with van der Waals surface area (Å²) >= 11 is 0. The van der Waals surface area contributed by atoms with Crippen LogP contribution in [-0.4, -0.2) is 41.4 Å². The monoisotopic (exact) mass is 275 g/mol. The number of hydrogen-bond acceptors (Lipinski definition) is 5. The van der Waals surface area contributed by atoms with Gasteiger partial charge < -0.3 is 9.80 Å². The molecule has 0 N–H and O–H groups in total. The third-order valence-corrected chi connectivity index (χ3v) is 4.53. The van der Waals surface area contributed by atoms with Crippen LogP contribution >= 0.6 is 0 Å². The second kappa shape index (κ2) is 6.37. The molecule has 20 heavy (non-hydrogen) atoms. The van der Waals surface area contributed by atoms with Crippen LogP contribution in [-0.2, 0) is 0 Å². The minimum atomic E-state index is 0.818. The van der Waals surface area contributed by atoms with Crippen LogP contribution in [0.4, 0.5) is 11.8 Å². The van der Waals surface area contributed by atoms with Crippen molar-refractivity contribution in [2.45, 2.75) is 45.4 Å². The highest BCUT2D eigenvalue weighted by Crippen LogP contribution is 2.22. The molecule has 110 valence electrons. The number of nitrogens with zero attached hydrogens (tertiary/aromatic N) is 5. The molecule has 0 spiro atoms. The van der Waals surface area contributed by atoms with Crippen molar-refractivity contribution in [2.24, 2.45) is 5.92 Å². The lowest BCUT2D eigenvalue weighted by atomic mass is 10.00. The van der Waals surface area contributed by atoms with Crippen LogP contribution in [0, 0.1) is 5.92 Å². The second-order valence-corrected chi connectivity index (χ2v) is 6.19. The summed E-state index contributed by atoms with van der Waals surface area (Å²) in [6, 6.07) is 0. The highest BCUT2D eigenvalue weighted by molar-refractivity contribution is 5.41. The Labute approximate surface area is 121 Å². The van der Waals surface area contributed by atoms with Gasteiger partial charge in [0.2, 0.25) is 5.95 Å². The van der Waals surface area contributed by atoms with E-state index in [-0.39, 0.29) is 0 Å². The van der Waals surface area contributed by atoms with Crippen molar-refractivity contribution >= 4 is 11.8 Å². The van der Waals surface area contributed by atoms with Gasteiger partial charge in [0.15, 0.2) is 5.82 Å². The molecule has 0 atom stereocenters. The largest absolute Gasteiger partial charge is 0.355 e. The first-order chi connectivity index (χ1) is 9.83. The van der Waals surface area contributed by atoms with E-state index in [0.717, 1.165) is 43.9 Å². The zero-order valence-electron chi connectivity index (χ0n) is 12.5. The van der Waals surface area contributed by atoms with Crippen LogP contribution in [0.1, 0.15) is 45.4 Å². The van der Waals surface area contributed by atoms with Crippen LogP contribution in [0.3, 0.4) is 0 Å². The maximum atomic E-state index is 4.77. The zero-order chi connectivity index (χ0) is 13.8. The first-order valence-corrected chi connectivity index (χ1v) is 8.02. The van der Waals surface area contributed by atoms with Crippen molar-refractivity contribution in [1.29, 1.82) is 0 Å². The Hall–Kier alpha value is -1.39. The van der Waals surface area contributed by atoms with Gasteiger partial charge in [0.05, 0.1) is 6.20 Å². The van der Waals surface area contributed by atoms with Crippen LogP contribution < -0.4 is 9.80 Å². The molecule has 2 aliphatic rings. The lowest BCUT2D eigenvalue weighted by Gasteiger charge is -2.30. The van der Waals surface area contributed by atoms with E-state index in [1.54, 1.807) is 0 Å². The summed E-state index contributed by atoms with van der Waals surface area (Å²) in [5, 5.41) is 8.43. The van der Waals surface area contributed by atoms with Crippen molar-refractivity contribution in [2.75, 3.05) is 36.0 Å². The van der Waals surface area contributed by atoms with Gasteiger partial charge >= 0.3 is 0 Å². The number of piperidine rings is 1. The highest BCUT2D eigenvalue weighted by atomic mass is 15.3. The lowest BCUT2D eigenvalue weighted by molar-refractivity contribution is 0.433. The molecule has 0 aliphatic carbocycles. The molecule has 1 aromatic heterocycles. The summed E-state index contributed by atoms with van der Waals surface area (Å²) in [5.41, 5.74) is 0. The molecular formula is C15H25N5. The highest BCUT2D eigenvalue weighted by Gasteiger charge is 2.20. The average molecular weight is 275 g/mol. The predicted octanol–water partition coefficient (Wildman–Crippen LogP) is 2.49. The average Bonchev–Trinajstić information content (AvgIpc) is 2.77. The van der Waals surface area contributed by atoms with Gasteiger partial charge in [0, 0.05) is 26.2 Å². The van der Waals surface area contributed by atoms with E-state index in [1.165, 1.54) is 38.5 Å². The topological polar surface area (TPSA) is 45.2 Å². The van der Waals surface area contributed by atoms with Crippen molar-refractivity contribution in [3.8, 4) is 0 Å². The summed E-state index contributed by atoms with van der Waals surface area (Å²) in [5.74, 6) is 2.65. The Morgan fingerprint density at radius 3 is 2.35 bits per heavy atom. The quantitative estimate of drug-likeness (QED) is 0.829. The normalized spacial score (nSPS) is 21.9. The minimum Gasteiger partial charge on any atom is -0.355 e. The Kier molecular flexibility index (Phi) is 4.33. The molecule has 0 unspecified atom stereocenters. The standard InChI is InChI=1S/C15H25N5/c1-13-6-10-20(11-7-13)15-17-14(12-16-18-15)19-8-4-2-3-5-9-19/h12-13H,2-11H2,1H3. The summed E-state index contributed by atoms with van der Waals surface area (Å²) in [4.78, 5) is 9.42. The third-order valence-electron chi connectivity index (χ3n) is 4.53. The second-order valence-electron chi connectivity index (χ2n) is 6.19. The van der Waals surface area contributed by atoms with Crippen LogP contribution in [0.15, 0.2) is 6.20 Å². The van der Waals surface area contributed by atoms with Crippen LogP contribution in [0.25, 0.3) is 0 Å². The molecule has 5 heteroatoms. The molecule has 2 fully saturated rings. The van der Waals surface area contributed by atoms with Gasteiger partial charge in [-0.05, 0) is 31.6 Å². The molecular weight excluding hydrogens is 250 g/mol. The molecule has 0 saturated carbocycles. The Morgan fingerprint density at radius 2 is 1.65 bits per heavy atom. The first kappa shape index (κ1) is 13.6. The van der Waals surface area contributed by atoms with E-state index in [4.69, 9.17) is 4.98 Å². The van der Waals surface area contributed by atoms with Crippen molar-refractivity contribution < 1.29 is 0 Å². The van der Waals surface area contributed by atoms with E-state index in [0.29, 0.717) is 0 Å². The minimum absolute atomic E-state index is 0.818. The van der Waals surface area contributed by atoms with Gasteiger partial charge in [-0.3, -0.25) is 0 Å². The van der Waals surface area contributed by atoms with Gasteiger partial charge in [-0.2, -0.15) is 10.1 Å². The molecule has 0 radical (unpaired) electrons. The molecule has 1 aromatic rings. The molecule has 0 bridgehead atoms. The maximum absolute atomic E-state index is 4.77. The molecule has 3 rings (SSSR count). The van der Waals surface area contributed by atoms with Crippen molar-refractivity contribution in [3.63, 3.8) is 0 Å². The zero-order valence-corrected chi connectivity index (χ0v) is 12.5. The first-order valence-electron chi connectivity index (χ1n) is 8.02. The van der Waals surface area contributed by atoms with Crippen molar-refractivity contribution in [3.05, 3.63) is 6.20 Å². The molecule has 3 heterocycles. The lowest BCUT2D eigenvalue weighted by Crippen LogP contribution is -2.35. The van der Waals surface area contributed by atoms with E-state index in [9.17, 15) is 0 Å². The number of rotatable bonds is 2. The summed E-state index contributed by atoms with van der Waals surface area (Å²) in [6.07, 6.45) is 9.49. The van der Waals surface area contributed by atoms with Crippen LogP contribution in [0.2, 0.25) is 0 Å². The molecule has 0 amide bonds. The Balaban J connectivity index is 1.71. The molecule has 2 aliphatic heterocycles. The fourth-order valence-corrected chi connectivity index (χ4v) is 3.08. The van der Waals surface area contributed by atoms with E-state index in [2.05, 4.69) is 26.9 Å². The third kappa shape index (κ3) is 3.19. The summed E-state index contributed by atoms with van der Waals surface area (Å²) in [6.45, 7) is 6.66. The molecule has 5 nitrogen and oxygen atoms in total. The fraction of sp³-hybridized carbons (Fsp3) is 0.800. The van der Waals surface area contributed by atoms with Gasteiger partial charge in [0.25, 0.3) is 0 Å². The van der Waals surface area contributed by atoms with Gasteiger partial charge in [-0.15, -0.1) is 5.10 Å². The number of anilines is 2. The molecule has 2 saturated heterocycles. The SMILES string of the molecule is CC1CCN(c2nncc(N3CCCCCC3)n2)CC1. The van der Waals surface area contributed by atoms with Gasteiger partial charge in [-0.25, -0.2) is 0 Å². The Bertz CT molecular complexity index is 420.